The molecule has 0 saturated carbocycles. The minimum absolute atomic E-state index is 0.00787. The fraction of sp³-hybridized carbons (Fsp3) is 0.438. The van der Waals surface area contributed by atoms with Crippen LogP contribution in [0.4, 0.5) is 5.82 Å². The highest BCUT2D eigenvalue weighted by atomic mass is 16.5. The molecule has 0 atom stereocenters. The number of likely N-dealkylation sites (N-methyl/N-ethyl adjacent to an activating group) is 1. The van der Waals surface area contributed by atoms with Gasteiger partial charge in [0.05, 0.1) is 12.0 Å². The number of fused-ring (bicyclic) bond motifs is 1. The van der Waals surface area contributed by atoms with Crippen molar-refractivity contribution < 1.29 is 9.53 Å². The lowest BCUT2D eigenvalue weighted by molar-refractivity contribution is 0.0524. The van der Waals surface area contributed by atoms with Crippen LogP contribution in [0.2, 0.25) is 0 Å². The number of pyridine rings is 2. The van der Waals surface area contributed by atoms with E-state index >= 15 is 0 Å². The number of anilines is 1. The lowest BCUT2D eigenvalue weighted by atomic mass is 10.2. The van der Waals surface area contributed by atoms with Crippen LogP contribution in [0.5, 0.6) is 0 Å². The van der Waals surface area contributed by atoms with Gasteiger partial charge in [0.25, 0.3) is 0 Å². The van der Waals surface area contributed by atoms with E-state index in [0.717, 1.165) is 32.0 Å². The molecule has 122 valence electrons. The molecule has 2 aromatic heterocycles. The first-order valence-corrected chi connectivity index (χ1v) is 7.73. The Hall–Kier alpha value is -2.41. The normalized spacial score (nSPS) is 15.8. The van der Waals surface area contributed by atoms with Gasteiger partial charge >= 0.3 is 5.97 Å². The first-order chi connectivity index (χ1) is 11.1. The molecule has 1 fully saturated rings. The van der Waals surface area contributed by atoms with Crippen molar-refractivity contribution in [2.75, 3.05) is 44.7 Å². The van der Waals surface area contributed by atoms with Crippen molar-refractivity contribution in [1.82, 2.24) is 14.9 Å². The molecule has 0 aliphatic carbocycles. The zero-order valence-electron chi connectivity index (χ0n) is 13.3. The SMILES string of the molecule is CCOC(=O)c1c[nH]c2nc(N3CCN(C)CC3)ccc2c1=O. The largest absolute Gasteiger partial charge is 0.462 e. The second-order valence-electron chi connectivity index (χ2n) is 5.61. The van der Waals surface area contributed by atoms with E-state index in [0.29, 0.717) is 11.0 Å². The topological polar surface area (TPSA) is 78.5 Å². The first-order valence-electron chi connectivity index (χ1n) is 7.73. The zero-order chi connectivity index (χ0) is 16.4. The van der Waals surface area contributed by atoms with Gasteiger partial charge in [-0.3, -0.25) is 4.79 Å². The Morgan fingerprint density at radius 1 is 1.30 bits per heavy atom. The number of carbonyl (C=O) groups is 1. The molecule has 0 unspecified atom stereocenters. The van der Waals surface area contributed by atoms with E-state index < -0.39 is 5.97 Å². The minimum Gasteiger partial charge on any atom is -0.462 e. The first kappa shape index (κ1) is 15.5. The van der Waals surface area contributed by atoms with Crippen LogP contribution in [0.25, 0.3) is 11.0 Å². The molecule has 7 nitrogen and oxygen atoms in total. The lowest BCUT2D eigenvalue weighted by Crippen LogP contribution is -2.44. The number of esters is 1. The number of aromatic amines is 1. The summed E-state index contributed by atoms with van der Waals surface area (Å²) in [5.74, 6) is 0.226. The van der Waals surface area contributed by atoms with Crippen molar-refractivity contribution in [3.63, 3.8) is 0 Å². The molecule has 1 N–H and O–H groups in total. The maximum absolute atomic E-state index is 12.4. The predicted molar refractivity (Wildman–Crippen MR) is 88.0 cm³/mol. The third-order valence-electron chi connectivity index (χ3n) is 4.05. The van der Waals surface area contributed by atoms with Gasteiger partial charge in [0.2, 0.25) is 5.43 Å². The number of hydrogen-bond acceptors (Lipinski definition) is 6. The maximum atomic E-state index is 12.4. The quantitative estimate of drug-likeness (QED) is 0.846. The number of H-pyrrole nitrogens is 1. The number of hydrogen-bond donors (Lipinski definition) is 1. The molecule has 0 spiro atoms. The Morgan fingerprint density at radius 2 is 2.04 bits per heavy atom. The monoisotopic (exact) mass is 316 g/mol. The van der Waals surface area contributed by atoms with Gasteiger partial charge in [-0.2, -0.15) is 0 Å². The van der Waals surface area contributed by atoms with E-state index in [-0.39, 0.29) is 17.6 Å². The molecule has 2 aromatic rings. The van der Waals surface area contributed by atoms with Crippen LogP contribution in [0.1, 0.15) is 17.3 Å². The summed E-state index contributed by atoms with van der Waals surface area (Å²) in [5.41, 5.74) is 0.141. The third-order valence-corrected chi connectivity index (χ3v) is 4.05. The van der Waals surface area contributed by atoms with E-state index in [2.05, 4.69) is 26.8 Å². The van der Waals surface area contributed by atoms with E-state index in [9.17, 15) is 9.59 Å². The van der Waals surface area contributed by atoms with Crippen molar-refractivity contribution in [1.29, 1.82) is 0 Å². The van der Waals surface area contributed by atoms with Crippen LogP contribution < -0.4 is 10.3 Å². The highest BCUT2D eigenvalue weighted by molar-refractivity contribution is 5.93. The number of piperazine rings is 1. The molecule has 0 aromatic carbocycles. The number of ether oxygens (including phenoxy) is 1. The molecule has 0 amide bonds. The molecule has 0 bridgehead atoms. The van der Waals surface area contributed by atoms with E-state index in [1.165, 1.54) is 6.20 Å². The molecular weight excluding hydrogens is 296 g/mol. The average molecular weight is 316 g/mol. The standard InChI is InChI=1S/C16H20N4O3/c1-3-23-16(22)12-10-17-15-11(14(12)21)4-5-13(18-15)20-8-6-19(2)7-9-20/h4-5,10H,3,6-9H2,1-2H3,(H,17,18,21). The summed E-state index contributed by atoms with van der Waals surface area (Å²) >= 11 is 0. The zero-order valence-corrected chi connectivity index (χ0v) is 13.3. The number of nitrogens with one attached hydrogen (secondary N) is 1. The van der Waals surface area contributed by atoms with E-state index in [4.69, 9.17) is 4.74 Å². The van der Waals surface area contributed by atoms with Gasteiger partial charge in [-0.1, -0.05) is 0 Å². The van der Waals surface area contributed by atoms with Gasteiger partial charge < -0.3 is 19.5 Å². The molecule has 23 heavy (non-hydrogen) atoms. The number of rotatable bonds is 3. The summed E-state index contributed by atoms with van der Waals surface area (Å²) in [4.78, 5) is 36.1. The van der Waals surface area contributed by atoms with Crippen LogP contribution in [0.15, 0.2) is 23.1 Å². The van der Waals surface area contributed by atoms with Crippen LogP contribution in [-0.4, -0.2) is 60.7 Å². The molecule has 3 heterocycles. The summed E-state index contributed by atoms with van der Waals surface area (Å²) in [6, 6.07) is 3.55. The highest BCUT2D eigenvalue weighted by Crippen LogP contribution is 2.16. The summed E-state index contributed by atoms with van der Waals surface area (Å²) in [5, 5.41) is 0.397. The van der Waals surface area contributed by atoms with Gasteiger partial charge in [-0.15, -0.1) is 0 Å². The fourth-order valence-corrected chi connectivity index (χ4v) is 2.67. The lowest BCUT2D eigenvalue weighted by Gasteiger charge is -2.33. The summed E-state index contributed by atoms with van der Waals surface area (Å²) in [7, 11) is 2.10. The molecule has 1 aliphatic rings. The third kappa shape index (κ3) is 3.05. The van der Waals surface area contributed by atoms with Crippen LogP contribution in [0, 0.1) is 0 Å². The predicted octanol–water partition coefficient (Wildman–Crippen LogP) is 0.852. The van der Waals surface area contributed by atoms with Gasteiger partial charge in [0.15, 0.2) is 0 Å². The van der Waals surface area contributed by atoms with Crippen LogP contribution >= 0.6 is 0 Å². The van der Waals surface area contributed by atoms with Crippen molar-refractivity contribution in [3.8, 4) is 0 Å². The van der Waals surface area contributed by atoms with Crippen LogP contribution in [-0.2, 0) is 4.74 Å². The molecule has 1 saturated heterocycles. The molecule has 0 radical (unpaired) electrons. The van der Waals surface area contributed by atoms with Gasteiger partial charge in [0.1, 0.15) is 17.0 Å². The van der Waals surface area contributed by atoms with E-state index in [1.54, 1.807) is 13.0 Å². The smallest absolute Gasteiger partial charge is 0.343 e. The molecular formula is C16H20N4O3. The fourth-order valence-electron chi connectivity index (χ4n) is 2.67. The second kappa shape index (κ2) is 6.37. The second-order valence-corrected chi connectivity index (χ2v) is 5.61. The summed E-state index contributed by atoms with van der Waals surface area (Å²) in [6.45, 7) is 5.71. The Bertz CT molecular complexity index is 778. The average Bonchev–Trinajstić information content (AvgIpc) is 2.55. The van der Waals surface area contributed by atoms with Crippen molar-refractivity contribution in [2.24, 2.45) is 0 Å². The summed E-state index contributed by atoms with van der Waals surface area (Å²) in [6.07, 6.45) is 1.38. The number of carbonyl (C=O) groups excluding carboxylic acids is 1. The Balaban J connectivity index is 1.94. The van der Waals surface area contributed by atoms with Crippen molar-refractivity contribution in [3.05, 3.63) is 34.1 Å². The van der Waals surface area contributed by atoms with E-state index in [1.807, 2.05) is 6.07 Å². The number of nitrogens with zero attached hydrogens (tertiary/aromatic N) is 3. The Morgan fingerprint density at radius 3 is 2.74 bits per heavy atom. The Kier molecular flexibility index (Phi) is 4.29. The molecule has 3 rings (SSSR count). The summed E-state index contributed by atoms with van der Waals surface area (Å²) < 4.78 is 4.89. The molecule has 1 aliphatic heterocycles. The van der Waals surface area contributed by atoms with Gasteiger partial charge in [-0.25, -0.2) is 9.78 Å². The molecule has 7 heteroatoms. The highest BCUT2D eigenvalue weighted by Gasteiger charge is 2.18. The van der Waals surface area contributed by atoms with Crippen molar-refractivity contribution >= 4 is 22.8 Å². The maximum Gasteiger partial charge on any atom is 0.343 e. The van der Waals surface area contributed by atoms with Gasteiger partial charge in [0, 0.05) is 32.4 Å². The van der Waals surface area contributed by atoms with Crippen molar-refractivity contribution in [2.45, 2.75) is 6.92 Å². The van der Waals surface area contributed by atoms with Crippen LogP contribution in [0.3, 0.4) is 0 Å². The minimum atomic E-state index is -0.612. The Labute approximate surface area is 133 Å². The van der Waals surface area contributed by atoms with Gasteiger partial charge in [-0.05, 0) is 26.1 Å². The number of aromatic nitrogens is 2.